The van der Waals surface area contributed by atoms with E-state index in [1.54, 1.807) is 6.33 Å². The molecule has 632 valence electrons. The summed E-state index contributed by atoms with van der Waals surface area (Å²) in [7, 11) is 0. The van der Waals surface area contributed by atoms with E-state index in [0.717, 1.165) is 226 Å². The fraction of sp³-hybridized carbons (Fsp3) is 0.206. The van der Waals surface area contributed by atoms with Gasteiger partial charge in [0.05, 0.1) is 121 Å². The highest BCUT2D eigenvalue weighted by molar-refractivity contribution is 6.30. The zero-order valence-corrected chi connectivity index (χ0v) is 71.9. The molecule has 28 rings (SSSR count). The van der Waals surface area contributed by atoms with Crippen molar-refractivity contribution < 1.29 is 0 Å². The third-order valence-corrected chi connectivity index (χ3v) is 27.3. The predicted octanol–water partition coefficient (Wildman–Crippen LogP) is 21.8. The standard InChI is InChI=1S/C22H18N4.C21H16ClN5.C21H19N5.C20H16N6.C18H18N6/c1-2-5-14-13(4-1)20-16-9-11-23-18(16)7-8-19(20)26-21(14)17-12-25-22-15(17)6-3-10-24-22;22-18-8-5-13-14(9-23-21(13)26-18)20-12-4-2-1-3-11(12)19-15-10-24-27-16(15)6-7-17(19)25-20;1-3-5-13-12(2)19-16-11-24-26-17(16)7-8-18(19)25-20(13)15-10-23-21-14(15)6-4-9-22-21;1-2-4-12-11(3-1)18-13-8-24-26-15(13)5-6-16(18)25-19(12)14-7-22-17-9-21-10-23-20(14)17;1-9-13(7-20-23-9)18-12-6-10(19)2-3-11(12)17-14-8-21-24-15(14)4-5-16(17)22-18/h3,6-12,26H,1-2,4-5H2,(H,24,25);5-10H,1-4H2,(H,23,26)(H,24,27);4,6-11H,3,5H2,1-2H3,(H,22,23)(H,24,26);5-10,22H,1-4H2,(H,24,26);4-5,7-8,10H,2-3,6,19H2,1H3,(H,20,23)(H,21,24). The van der Waals surface area contributed by atoms with Gasteiger partial charge in [0.25, 0.3) is 0 Å². The van der Waals surface area contributed by atoms with Crippen molar-refractivity contribution in [2.24, 2.45) is 5.73 Å². The van der Waals surface area contributed by atoms with Crippen molar-refractivity contribution in [2.75, 3.05) is 0 Å². The average Bonchev–Trinajstić information content (AvgIpc) is 1.72. The molecular weight excluding hydrogens is 1620 g/mol. The molecule has 24 aromatic rings. The Balaban J connectivity index is 0.0000000896. The molecule has 5 aromatic carbocycles. The van der Waals surface area contributed by atoms with Crippen molar-refractivity contribution in [3.05, 3.63) is 256 Å². The van der Waals surface area contributed by atoms with Crippen molar-refractivity contribution in [1.82, 2.24) is 126 Å². The van der Waals surface area contributed by atoms with Gasteiger partial charge in [0.15, 0.2) is 0 Å². The number of pyridine rings is 8. The van der Waals surface area contributed by atoms with Crippen molar-refractivity contribution in [3.8, 4) is 56.3 Å². The number of H-pyrrole nitrogens is 10. The zero-order valence-electron chi connectivity index (χ0n) is 71.2. The Morgan fingerprint density at radius 3 is 1.47 bits per heavy atom. The van der Waals surface area contributed by atoms with Crippen LogP contribution in [0.1, 0.15) is 120 Å². The molecule has 26 nitrogen and oxygen atoms in total. The van der Waals surface area contributed by atoms with Gasteiger partial charge in [-0.1, -0.05) is 24.9 Å². The van der Waals surface area contributed by atoms with Gasteiger partial charge in [-0.05, 0) is 275 Å². The summed E-state index contributed by atoms with van der Waals surface area (Å²) in [5, 5.41) is 52.4. The smallest absolute Gasteiger partial charge is 0.139 e. The molecule has 0 saturated heterocycles. The average molecular weight is 1710 g/mol. The van der Waals surface area contributed by atoms with E-state index in [2.05, 4.69) is 199 Å². The summed E-state index contributed by atoms with van der Waals surface area (Å²) in [6.07, 6.45) is 45.4. The second kappa shape index (κ2) is 31.7. The third kappa shape index (κ3) is 13.1. The van der Waals surface area contributed by atoms with E-state index in [1.807, 2.05) is 112 Å². The molecule has 12 N–H and O–H groups in total. The van der Waals surface area contributed by atoms with Crippen LogP contribution in [0.25, 0.3) is 209 Å². The largest absolute Gasteiger partial charge is 0.358 e. The fourth-order valence-electron chi connectivity index (χ4n) is 21.2. The number of halogens is 1. The maximum Gasteiger partial charge on any atom is 0.139 e. The van der Waals surface area contributed by atoms with Gasteiger partial charge in [-0.15, -0.1) is 0 Å². The molecule has 0 spiro atoms. The zero-order chi connectivity index (χ0) is 86.1. The van der Waals surface area contributed by atoms with Gasteiger partial charge in [-0.2, -0.15) is 25.5 Å². The number of rotatable bonds is 7. The van der Waals surface area contributed by atoms with Gasteiger partial charge in [0, 0.05) is 158 Å². The molecule has 19 heterocycles. The first-order valence-electron chi connectivity index (χ1n) is 44.6. The molecule has 27 heteroatoms. The van der Waals surface area contributed by atoms with Crippen LogP contribution in [0.15, 0.2) is 190 Å². The van der Waals surface area contributed by atoms with Crippen LogP contribution in [0.4, 0.5) is 0 Å². The number of nitrogens with one attached hydrogen (secondary N) is 10. The van der Waals surface area contributed by atoms with E-state index in [-0.39, 0.29) is 6.04 Å². The van der Waals surface area contributed by atoms with E-state index in [4.69, 9.17) is 37.3 Å². The fourth-order valence-corrected chi connectivity index (χ4v) is 21.3. The molecule has 129 heavy (non-hydrogen) atoms. The Morgan fingerprint density at radius 1 is 0.372 bits per heavy atom. The Bertz CT molecular complexity index is 8370. The number of benzene rings is 5. The highest BCUT2D eigenvalue weighted by atomic mass is 35.5. The lowest BCUT2D eigenvalue weighted by Gasteiger charge is -2.25. The highest BCUT2D eigenvalue weighted by Crippen LogP contribution is 2.46. The first-order chi connectivity index (χ1) is 63.6. The molecule has 1 unspecified atom stereocenters. The van der Waals surface area contributed by atoms with E-state index in [1.165, 1.54) is 154 Å². The number of fused-ring (bicyclic) bond motifs is 27. The van der Waals surface area contributed by atoms with Crippen LogP contribution in [0.3, 0.4) is 0 Å². The molecule has 4 aliphatic carbocycles. The van der Waals surface area contributed by atoms with Gasteiger partial charge in [0.2, 0.25) is 0 Å². The molecule has 0 aliphatic heterocycles. The van der Waals surface area contributed by atoms with Gasteiger partial charge < -0.3 is 30.7 Å². The number of hydrogen-bond acceptors (Lipinski definition) is 16. The van der Waals surface area contributed by atoms with E-state index in [9.17, 15) is 0 Å². The Kier molecular flexibility index (Phi) is 19.0. The minimum Gasteiger partial charge on any atom is -0.358 e. The minimum absolute atomic E-state index is 0.186. The maximum atomic E-state index is 6.28. The molecule has 1 atom stereocenters. The van der Waals surface area contributed by atoms with Crippen molar-refractivity contribution in [2.45, 2.75) is 136 Å². The summed E-state index contributed by atoms with van der Waals surface area (Å²) in [5.74, 6) is 0. The Labute approximate surface area is 740 Å². The monoisotopic (exact) mass is 1710 g/mol. The van der Waals surface area contributed by atoms with Crippen LogP contribution in [-0.2, 0) is 57.8 Å². The number of aryl methyl sites for hydroxylation is 6. The summed E-state index contributed by atoms with van der Waals surface area (Å²) in [5.41, 5.74) is 47.1. The number of aromatic nitrogens is 25. The minimum atomic E-state index is 0.186. The first kappa shape index (κ1) is 77.3. The molecule has 19 aromatic heterocycles. The quantitative estimate of drug-likeness (QED) is 0.0660. The maximum absolute atomic E-state index is 6.28. The summed E-state index contributed by atoms with van der Waals surface area (Å²) in [4.78, 5) is 63.6. The van der Waals surface area contributed by atoms with Crippen LogP contribution in [0.5, 0.6) is 0 Å². The van der Waals surface area contributed by atoms with Gasteiger partial charge in [0.1, 0.15) is 33.9 Å². The SMILES string of the molecule is CCCc1c(-c2c[nH]c3ncccc23)nc2ccc3[nH]ncc3c2c1C.Cc1[nH]ncc1-c1nc2ccc3[nH]ncc3c2c2c1CC(N)CC2.Clc1ccc2c(-c3nc4ccc5[nH]ncc5c4c4c3CCCC4)c[nH]c2n1.c1cnc2[nH]cc(-c3[nH]c4ccc5nccc5c4c4c3CCCC4)c2c1.c1ncc2[nH]cc(-c3nc4ccc5[nH]ncc5c4c4c3CCCC4)c2n1. The van der Waals surface area contributed by atoms with Gasteiger partial charge in [-0.25, -0.2) is 44.9 Å². The lowest BCUT2D eigenvalue weighted by Crippen LogP contribution is -2.28. The topological polar surface area (TPSA) is 377 Å². The van der Waals surface area contributed by atoms with Crippen molar-refractivity contribution >= 4 is 165 Å². The van der Waals surface area contributed by atoms with E-state index >= 15 is 0 Å². The molecule has 0 amide bonds. The summed E-state index contributed by atoms with van der Waals surface area (Å²) in [6.45, 7) is 6.45. The van der Waals surface area contributed by atoms with Crippen LogP contribution in [0.2, 0.25) is 5.15 Å². The molecular formula is C102H87ClN26. The van der Waals surface area contributed by atoms with Gasteiger partial charge in [-0.3, -0.25) is 30.5 Å². The predicted molar refractivity (Wildman–Crippen MR) is 513 cm³/mol. The second-order valence-corrected chi connectivity index (χ2v) is 34.9. The normalized spacial score (nSPS) is 14.4. The highest BCUT2D eigenvalue weighted by Gasteiger charge is 2.30. The molecule has 4 aliphatic rings. The van der Waals surface area contributed by atoms with Crippen LogP contribution in [-0.4, -0.2) is 132 Å². The molecule has 0 saturated carbocycles. The summed E-state index contributed by atoms with van der Waals surface area (Å²) < 4.78 is 0. The third-order valence-electron chi connectivity index (χ3n) is 27.1. The molecule has 0 radical (unpaired) electrons. The van der Waals surface area contributed by atoms with Crippen molar-refractivity contribution in [3.63, 3.8) is 0 Å². The number of nitrogens with two attached hydrogens (primary N) is 1. The summed E-state index contributed by atoms with van der Waals surface area (Å²) in [6, 6.07) is 35.3. The Morgan fingerprint density at radius 2 is 0.860 bits per heavy atom. The number of hydrogen-bond donors (Lipinski definition) is 11. The first-order valence-corrected chi connectivity index (χ1v) is 45.0. The Hall–Kier alpha value is -15.3. The lowest BCUT2D eigenvalue weighted by atomic mass is 9.83. The second-order valence-electron chi connectivity index (χ2n) is 34.5. The van der Waals surface area contributed by atoms with Gasteiger partial charge >= 0.3 is 0 Å². The molecule has 0 bridgehead atoms. The number of nitrogens with zero attached hydrogens (tertiary/aromatic N) is 15. The molecule has 0 fully saturated rings. The van der Waals surface area contributed by atoms with Crippen LogP contribution >= 0.6 is 11.6 Å². The van der Waals surface area contributed by atoms with E-state index in [0.29, 0.717) is 5.15 Å². The lowest BCUT2D eigenvalue weighted by molar-refractivity contribution is 0.579. The summed E-state index contributed by atoms with van der Waals surface area (Å²) >= 11 is 6.06. The number of aromatic amines is 10. The van der Waals surface area contributed by atoms with Crippen LogP contribution < -0.4 is 5.73 Å². The van der Waals surface area contributed by atoms with Crippen molar-refractivity contribution in [1.29, 1.82) is 0 Å². The van der Waals surface area contributed by atoms with Crippen LogP contribution in [0, 0.1) is 13.8 Å². The van der Waals surface area contributed by atoms with E-state index < -0.39 is 0 Å².